The number of carbonyl (C=O) groups is 3. The first-order chi connectivity index (χ1) is 13.0. The van der Waals surface area contributed by atoms with Gasteiger partial charge in [-0.25, -0.2) is 0 Å². The summed E-state index contributed by atoms with van der Waals surface area (Å²) >= 11 is 0. The number of aromatic nitrogens is 1. The Morgan fingerprint density at radius 3 is 2.63 bits per heavy atom. The van der Waals surface area contributed by atoms with E-state index in [2.05, 4.69) is 17.2 Å². The molecule has 0 saturated carbocycles. The van der Waals surface area contributed by atoms with Gasteiger partial charge in [-0.05, 0) is 30.4 Å². The van der Waals surface area contributed by atoms with Crippen molar-refractivity contribution in [1.82, 2.24) is 9.88 Å². The fourth-order valence-electron chi connectivity index (χ4n) is 3.33. The van der Waals surface area contributed by atoms with Gasteiger partial charge in [0.1, 0.15) is 0 Å². The largest absolute Gasteiger partial charge is 0.366 e. The van der Waals surface area contributed by atoms with Gasteiger partial charge >= 0.3 is 11.8 Å². The minimum Gasteiger partial charge on any atom is -0.366 e. The molecule has 7 nitrogen and oxygen atoms in total. The first-order valence-electron chi connectivity index (χ1n) is 8.87. The number of piperidine rings is 1. The molecule has 0 spiro atoms. The lowest BCUT2D eigenvalue weighted by Gasteiger charge is -2.38. The van der Waals surface area contributed by atoms with Gasteiger partial charge in [-0.3, -0.25) is 19.4 Å². The van der Waals surface area contributed by atoms with Crippen LogP contribution in [0.4, 0.5) is 5.69 Å². The van der Waals surface area contributed by atoms with Gasteiger partial charge in [-0.2, -0.15) is 0 Å². The van der Waals surface area contributed by atoms with Crippen LogP contribution in [0, 0.1) is 5.92 Å². The minimum absolute atomic E-state index is 0.136. The number of nitrogens with one attached hydrogen (secondary N) is 1. The first-order valence-corrected chi connectivity index (χ1v) is 8.87. The van der Waals surface area contributed by atoms with Gasteiger partial charge in [-0.1, -0.05) is 37.3 Å². The molecule has 140 valence electrons. The SMILES string of the molecule is C[C@H]1CCN(C(=O)C(=O)Nc2cncc(C(N)=O)c2)[C@@H](c2ccccc2)C1. The molecule has 3 amide bonds. The Bertz CT molecular complexity index is 853. The van der Waals surface area contributed by atoms with E-state index in [9.17, 15) is 14.4 Å². The van der Waals surface area contributed by atoms with Crippen LogP contribution in [0.3, 0.4) is 0 Å². The summed E-state index contributed by atoms with van der Waals surface area (Å²) in [6.07, 6.45) is 4.32. The van der Waals surface area contributed by atoms with E-state index < -0.39 is 17.7 Å². The molecule has 1 saturated heterocycles. The van der Waals surface area contributed by atoms with E-state index in [-0.39, 0.29) is 17.3 Å². The molecule has 2 atom stereocenters. The maximum absolute atomic E-state index is 12.8. The maximum Gasteiger partial charge on any atom is 0.313 e. The van der Waals surface area contributed by atoms with E-state index in [0.29, 0.717) is 12.5 Å². The maximum atomic E-state index is 12.8. The van der Waals surface area contributed by atoms with Crippen LogP contribution in [0.1, 0.15) is 41.7 Å². The number of hydrogen-bond donors (Lipinski definition) is 2. The number of nitrogens with two attached hydrogens (primary N) is 1. The number of pyridine rings is 1. The van der Waals surface area contributed by atoms with Gasteiger partial charge in [0.15, 0.2) is 0 Å². The Hall–Kier alpha value is -3.22. The molecule has 1 aliphatic rings. The van der Waals surface area contributed by atoms with E-state index in [1.54, 1.807) is 4.90 Å². The summed E-state index contributed by atoms with van der Waals surface area (Å²) < 4.78 is 0. The topological polar surface area (TPSA) is 105 Å². The number of nitrogens with zero attached hydrogens (tertiary/aromatic N) is 2. The van der Waals surface area contributed by atoms with Crippen molar-refractivity contribution in [3.8, 4) is 0 Å². The summed E-state index contributed by atoms with van der Waals surface area (Å²) in [5, 5.41) is 2.52. The van der Waals surface area contributed by atoms with E-state index >= 15 is 0 Å². The molecule has 0 bridgehead atoms. The standard InChI is InChI=1S/C20H22N4O3/c1-13-7-8-24(17(9-13)14-5-3-2-4-6-14)20(27)19(26)23-16-10-15(18(21)25)11-22-12-16/h2-6,10-13,17H,7-9H2,1H3,(H2,21,25)(H,23,26)/t13-,17+/m0/s1. The number of rotatable bonds is 3. The summed E-state index contributed by atoms with van der Waals surface area (Å²) in [7, 11) is 0. The molecular weight excluding hydrogens is 344 g/mol. The smallest absolute Gasteiger partial charge is 0.313 e. The average molecular weight is 366 g/mol. The highest BCUT2D eigenvalue weighted by atomic mass is 16.2. The molecule has 7 heteroatoms. The molecule has 1 fully saturated rings. The normalized spacial score (nSPS) is 19.4. The third-order valence-electron chi connectivity index (χ3n) is 4.78. The summed E-state index contributed by atoms with van der Waals surface area (Å²) in [5.41, 5.74) is 6.65. The Kier molecular flexibility index (Phi) is 5.49. The number of likely N-dealkylation sites (tertiary alicyclic amines) is 1. The van der Waals surface area contributed by atoms with Crippen LogP contribution in [-0.4, -0.2) is 34.2 Å². The molecule has 1 aliphatic heterocycles. The van der Waals surface area contributed by atoms with Gasteiger partial charge in [0.25, 0.3) is 0 Å². The van der Waals surface area contributed by atoms with E-state index in [4.69, 9.17) is 5.73 Å². The molecule has 1 aromatic heterocycles. The lowest BCUT2D eigenvalue weighted by atomic mass is 9.88. The Morgan fingerprint density at radius 1 is 1.19 bits per heavy atom. The lowest BCUT2D eigenvalue weighted by molar-refractivity contribution is -0.146. The van der Waals surface area contributed by atoms with Crippen molar-refractivity contribution < 1.29 is 14.4 Å². The minimum atomic E-state index is -0.756. The number of carbonyl (C=O) groups excluding carboxylic acids is 3. The van der Waals surface area contributed by atoms with Crippen molar-refractivity contribution in [2.75, 3.05) is 11.9 Å². The molecule has 2 aromatic rings. The van der Waals surface area contributed by atoms with Crippen molar-refractivity contribution in [1.29, 1.82) is 0 Å². The zero-order chi connectivity index (χ0) is 19.4. The lowest BCUT2D eigenvalue weighted by Crippen LogP contribution is -2.45. The molecule has 3 N–H and O–H groups in total. The van der Waals surface area contributed by atoms with Crippen LogP contribution in [0.2, 0.25) is 0 Å². The Labute approximate surface area is 157 Å². The van der Waals surface area contributed by atoms with Gasteiger partial charge in [0.2, 0.25) is 5.91 Å². The van der Waals surface area contributed by atoms with Gasteiger partial charge in [0.05, 0.1) is 23.5 Å². The molecule has 1 aromatic carbocycles. The van der Waals surface area contributed by atoms with E-state index in [1.165, 1.54) is 18.5 Å². The van der Waals surface area contributed by atoms with Crippen LogP contribution in [0.15, 0.2) is 48.8 Å². The highest BCUT2D eigenvalue weighted by Gasteiger charge is 2.34. The molecule has 0 unspecified atom stereocenters. The fraction of sp³-hybridized carbons (Fsp3) is 0.300. The zero-order valence-electron chi connectivity index (χ0n) is 15.1. The quantitative estimate of drug-likeness (QED) is 0.812. The predicted molar refractivity (Wildman–Crippen MR) is 101 cm³/mol. The molecule has 2 heterocycles. The third-order valence-corrected chi connectivity index (χ3v) is 4.78. The Morgan fingerprint density at radius 2 is 1.93 bits per heavy atom. The van der Waals surface area contributed by atoms with Crippen LogP contribution in [-0.2, 0) is 9.59 Å². The number of anilines is 1. The zero-order valence-corrected chi connectivity index (χ0v) is 15.1. The monoisotopic (exact) mass is 366 g/mol. The van der Waals surface area contributed by atoms with Crippen LogP contribution in [0.25, 0.3) is 0 Å². The van der Waals surface area contributed by atoms with Crippen molar-refractivity contribution in [2.24, 2.45) is 11.7 Å². The van der Waals surface area contributed by atoms with Crippen LogP contribution < -0.4 is 11.1 Å². The Balaban J connectivity index is 1.77. The number of hydrogen-bond acceptors (Lipinski definition) is 4. The van der Waals surface area contributed by atoms with Crippen molar-refractivity contribution in [3.05, 3.63) is 59.9 Å². The molecule has 27 heavy (non-hydrogen) atoms. The van der Waals surface area contributed by atoms with E-state index in [0.717, 1.165) is 18.4 Å². The molecule has 3 rings (SSSR count). The summed E-state index contributed by atoms with van der Waals surface area (Å²) in [5.74, 6) is -1.54. The molecular formula is C20H22N4O3. The second kappa shape index (κ2) is 7.99. The number of benzene rings is 1. The van der Waals surface area contributed by atoms with Crippen LogP contribution in [0.5, 0.6) is 0 Å². The van der Waals surface area contributed by atoms with Gasteiger partial charge < -0.3 is 16.0 Å². The first kappa shape index (κ1) is 18.6. The van der Waals surface area contributed by atoms with Crippen molar-refractivity contribution >= 4 is 23.4 Å². The molecule has 0 aliphatic carbocycles. The second-order valence-electron chi connectivity index (χ2n) is 6.84. The number of amides is 3. The summed E-state index contributed by atoms with van der Waals surface area (Å²) in [6, 6.07) is 11.0. The summed E-state index contributed by atoms with van der Waals surface area (Å²) in [4.78, 5) is 42.0. The second-order valence-corrected chi connectivity index (χ2v) is 6.84. The fourth-order valence-corrected chi connectivity index (χ4v) is 3.33. The van der Waals surface area contributed by atoms with Crippen molar-refractivity contribution in [3.63, 3.8) is 0 Å². The van der Waals surface area contributed by atoms with E-state index in [1.807, 2.05) is 30.3 Å². The predicted octanol–water partition coefficient (Wildman–Crippen LogP) is 2.12. The molecule has 0 radical (unpaired) electrons. The third kappa shape index (κ3) is 4.31. The number of primary amides is 1. The highest BCUT2D eigenvalue weighted by Crippen LogP contribution is 2.34. The van der Waals surface area contributed by atoms with Gasteiger partial charge in [-0.15, -0.1) is 0 Å². The van der Waals surface area contributed by atoms with Gasteiger partial charge in [0, 0.05) is 12.7 Å². The summed E-state index contributed by atoms with van der Waals surface area (Å²) in [6.45, 7) is 2.67. The average Bonchev–Trinajstić information content (AvgIpc) is 2.68. The van der Waals surface area contributed by atoms with Crippen LogP contribution >= 0.6 is 0 Å². The highest BCUT2D eigenvalue weighted by molar-refractivity contribution is 6.39. The van der Waals surface area contributed by atoms with Crippen molar-refractivity contribution in [2.45, 2.75) is 25.8 Å².